The minimum atomic E-state index is -4.80. The molecule has 3 rings (SSSR count). The topological polar surface area (TPSA) is 23.1 Å². The van der Waals surface area contributed by atoms with Crippen LogP contribution in [0.5, 0.6) is 0 Å². The third-order valence-electron chi connectivity index (χ3n) is 6.02. The van der Waals surface area contributed by atoms with Gasteiger partial charge in [-0.15, -0.1) is 0 Å². The molecule has 0 spiro atoms. The summed E-state index contributed by atoms with van der Waals surface area (Å²) < 4.78 is 43.7. The Balaban J connectivity index is 0.000000260. The first-order valence-electron chi connectivity index (χ1n) is 12.3. The molecule has 1 unspecified atom stereocenters. The Bertz CT molecular complexity index is 897. The molecule has 5 heteroatoms. The van der Waals surface area contributed by atoms with Crippen molar-refractivity contribution < 1.29 is 18.3 Å². The van der Waals surface area contributed by atoms with Crippen LogP contribution in [0.25, 0.3) is 21.5 Å². The molecule has 0 N–H and O–H groups in total. The van der Waals surface area contributed by atoms with Gasteiger partial charge in [0.05, 0.1) is 0 Å². The predicted octanol–water partition coefficient (Wildman–Crippen LogP) is 8.84. The van der Waals surface area contributed by atoms with Gasteiger partial charge in [-0.25, -0.2) is 0 Å². The monoisotopic (exact) mass is 566 g/mol. The van der Waals surface area contributed by atoms with E-state index in [9.17, 15) is 18.3 Å². The summed E-state index contributed by atoms with van der Waals surface area (Å²) in [4.78, 5) is 0. The van der Waals surface area contributed by atoms with Crippen molar-refractivity contribution in [3.63, 3.8) is 0 Å². The molecule has 0 saturated heterocycles. The van der Waals surface area contributed by atoms with Crippen molar-refractivity contribution >= 4 is 41.3 Å². The number of benzene rings is 3. The Morgan fingerprint density at radius 2 is 1.12 bits per heavy atom. The van der Waals surface area contributed by atoms with Gasteiger partial charge in [0, 0.05) is 6.10 Å². The fraction of sp³-hybridized carbons (Fsp3) is 0.500. The van der Waals surface area contributed by atoms with Crippen LogP contribution in [0, 0.1) is 0 Å². The summed E-state index contributed by atoms with van der Waals surface area (Å²) in [6.45, 7) is 7.00. The zero-order chi connectivity index (χ0) is 24.3. The Hall–Kier alpha value is -1.27. The summed E-state index contributed by atoms with van der Waals surface area (Å²) >= 11 is -0.839. The van der Waals surface area contributed by atoms with Gasteiger partial charge in [0.2, 0.25) is 0 Å². The predicted molar refractivity (Wildman–Crippen MR) is 135 cm³/mol. The van der Waals surface area contributed by atoms with Crippen LogP contribution in [-0.2, 0) is 0 Å². The van der Waals surface area contributed by atoms with E-state index in [1.54, 1.807) is 67.9 Å². The summed E-state index contributed by atoms with van der Waals surface area (Å²) in [5, 5.41) is 13.9. The minimum absolute atomic E-state index is 0.189. The number of halogens is 3. The Kier molecular flexibility index (Phi) is 12.0. The molecule has 1 atom stereocenters. The molecule has 0 aromatic heterocycles. The molecule has 3 aromatic carbocycles. The standard InChI is InChI=1S/C16H10F3O.3C4H9.Sn/c17-16(18,19)15(20)14-12-7-3-1-5-10(12)9-11-6-2-4-8-13(11)14;3*1-3-4-2;/h1-9,15H;3*1,3-4H2,2H3;/q-1;;;;+1. The molecular formula is C28H37F3OSn. The Morgan fingerprint density at radius 1 is 0.727 bits per heavy atom. The molecule has 0 aliphatic heterocycles. The summed E-state index contributed by atoms with van der Waals surface area (Å²) in [5.41, 5.74) is -0.189. The van der Waals surface area contributed by atoms with Gasteiger partial charge in [-0.2, -0.15) is 13.2 Å². The van der Waals surface area contributed by atoms with Crippen LogP contribution in [-0.4, -0.2) is 25.9 Å². The molecule has 0 heterocycles. The second kappa shape index (κ2) is 14.2. The van der Waals surface area contributed by atoms with Crippen molar-refractivity contribution in [1.29, 1.82) is 0 Å². The first kappa shape index (κ1) is 28.0. The van der Waals surface area contributed by atoms with Gasteiger partial charge in [0.25, 0.3) is 0 Å². The molecule has 33 heavy (non-hydrogen) atoms. The van der Waals surface area contributed by atoms with Gasteiger partial charge in [-0.3, -0.25) is 0 Å². The molecule has 1 nitrogen and oxygen atoms in total. The van der Waals surface area contributed by atoms with E-state index in [-0.39, 0.29) is 5.56 Å². The van der Waals surface area contributed by atoms with E-state index >= 15 is 0 Å². The number of fused-ring (bicyclic) bond motifs is 2. The number of hydrogen-bond donors (Lipinski definition) is 0. The van der Waals surface area contributed by atoms with Crippen molar-refractivity contribution in [2.24, 2.45) is 0 Å². The quantitative estimate of drug-likeness (QED) is 0.178. The van der Waals surface area contributed by atoms with E-state index in [1.807, 2.05) is 0 Å². The number of unbranched alkanes of at least 4 members (excludes halogenated alkanes) is 3. The van der Waals surface area contributed by atoms with Gasteiger partial charge in [-0.05, 0) is 33.2 Å². The van der Waals surface area contributed by atoms with Gasteiger partial charge < -0.3 is 5.11 Å². The second-order valence-electron chi connectivity index (χ2n) is 8.71. The van der Waals surface area contributed by atoms with Crippen LogP contribution in [0.1, 0.15) is 71.0 Å². The number of alkyl halides is 3. The molecule has 0 radical (unpaired) electrons. The minimum Gasteiger partial charge on any atom is -0.842 e. The molecule has 0 bridgehead atoms. The maximum atomic E-state index is 12.9. The van der Waals surface area contributed by atoms with Gasteiger partial charge in [0.15, 0.2) is 0 Å². The van der Waals surface area contributed by atoms with Gasteiger partial charge in [0.1, 0.15) is 0 Å². The Labute approximate surface area is 204 Å². The molecule has 180 valence electrons. The van der Waals surface area contributed by atoms with E-state index in [0.717, 1.165) is 0 Å². The molecule has 0 amide bonds. The Morgan fingerprint density at radius 3 is 1.48 bits per heavy atom. The van der Waals surface area contributed by atoms with Crippen LogP contribution >= 0.6 is 0 Å². The average Bonchev–Trinajstić information content (AvgIpc) is 2.81. The molecule has 0 saturated carbocycles. The first-order chi connectivity index (χ1) is 15.8. The third-order valence-corrected chi connectivity index (χ3v) is 15.1. The molecule has 0 aliphatic rings. The maximum absolute atomic E-state index is 12.9. The smallest absolute Gasteiger partial charge is 0.381 e. The van der Waals surface area contributed by atoms with Crippen LogP contribution < -0.4 is 5.11 Å². The van der Waals surface area contributed by atoms with Crippen molar-refractivity contribution in [3.8, 4) is 0 Å². The molecular weight excluding hydrogens is 528 g/mol. The maximum Gasteiger partial charge on any atom is 0.381 e. The van der Waals surface area contributed by atoms with Crippen molar-refractivity contribution in [3.05, 3.63) is 60.2 Å². The van der Waals surface area contributed by atoms with Crippen molar-refractivity contribution in [2.45, 2.75) is 84.9 Å². The van der Waals surface area contributed by atoms with E-state index in [4.69, 9.17) is 0 Å². The molecule has 0 aliphatic carbocycles. The zero-order valence-electron chi connectivity index (χ0n) is 20.2. The SMILES string of the molecule is CCC[CH2][Sn+]([CH2]CCC)[CH2]CCC.[O-]C(c1c2ccccc2cc2ccccc12)C(F)(F)F. The summed E-state index contributed by atoms with van der Waals surface area (Å²) in [7, 11) is 0. The number of rotatable bonds is 10. The van der Waals surface area contributed by atoms with E-state index < -0.39 is 32.0 Å². The van der Waals surface area contributed by atoms with Crippen molar-refractivity contribution in [2.75, 3.05) is 0 Å². The molecule has 0 fully saturated rings. The number of hydrogen-bond acceptors (Lipinski definition) is 1. The van der Waals surface area contributed by atoms with E-state index in [2.05, 4.69) is 20.8 Å². The fourth-order valence-corrected chi connectivity index (χ4v) is 13.6. The van der Waals surface area contributed by atoms with Crippen LogP contribution in [0.2, 0.25) is 13.3 Å². The zero-order valence-corrected chi connectivity index (χ0v) is 23.0. The average molecular weight is 565 g/mol. The molecule has 3 aromatic rings. The second-order valence-corrected chi connectivity index (χ2v) is 17.3. The van der Waals surface area contributed by atoms with Crippen molar-refractivity contribution in [1.82, 2.24) is 0 Å². The van der Waals surface area contributed by atoms with Crippen LogP contribution in [0.3, 0.4) is 0 Å². The normalized spacial score (nSPS) is 12.5. The van der Waals surface area contributed by atoms with E-state index in [1.165, 1.54) is 38.5 Å². The van der Waals surface area contributed by atoms with Crippen LogP contribution in [0.15, 0.2) is 54.6 Å². The summed E-state index contributed by atoms with van der Waals surface area (Å²) in [6, 6.07) is 15.1. The largest absolute Gasteiger partial charge is 0.842 e. The van der Waals surface area contributed by atoms with Crippen LogP contribution in [0.4, 0.5) is 13.2 Å². The summed E-state index contributed by atoms with van der Waals surface area (Å²) in [6.07, 6.45) is 1.31. The van der Waals surface area contributed by atoms with Gasteiger partial charge >= 0.3 is 98.5 Å². The third kappa shape index (κ3) is 8.47. The fourth-order valence-electron chi connectivity index (χ4n) is 4.15. The first-order valence-corrected chi connectivity index (χ1v) is 18.3. The summed E-state index contributed by atoms with van der Waals surface area (Å²) in [5.74, 6) is 0. The van der Waals surface area contributed by atoms with E-state index in [0.29, 0.717) is 21.5 Å². The van der Waals surface area contributed by atoms with Gasteiger partial charge in [-0.1, -0.05) is 48.5 Å².